The molecule has 0 amide bonds. The standard InChI is InChI=1S/C3H8GeO2.Na.H/c1-2-4-3(5)6;;/h2,4H2,1H3,(H,5,6);;/q;+1;-1. The van der Waals surface area contributed by atoms with Gasteiger partial charge in [-0.05, 0) is 0 Å². The van der Waals surface area contributed by atoms with E-state index in [4.69, 9.17) is 5.11 Å². The van der Waals surface area contributed by atoms with Crippen LogP contribution in [-0.4, -0.2) is 25.3 Å². The Morgan fingerprint density at radius 1 is 2.00 bits per heavy atom. The third kappa shape index (κ3) is 10.9. The van der Waals surface area contributed by atoms with E-state index in [1.54, 1.807) is 0 Å². The van der Waals surface area contributed by atoms with Gasteiger partial charge in [0, 0.05) is 0 Å². The second-order valence-corrected chi connectivity index (χ2v) is 5.56. The molecule has 0 saturated carbocycles. The van der Waals surface area contributed by atoms with Crippen LogP contribution in [0.2, 0.25) is 5.25 Å². The van der Waals surface area contributed by atoms with Crippen LogP contribution >= 0.6 is 0 Å². The minimum absolute atomic E-state index is 0. The van der Waals surface area contributed by atoms with Gasteiger partial charge in [0.15, 0.2) is 0 Å². The number of hydrogen-bond acceptors (Lipinski definition) is 1. The largest absolute Gasteiger partial charge is 1.00 e. The Kier molecular flexibility index (Phi) is 10.9. The molecule has 0 rings (SSSR count). The van der Waals surface area contributed by atoms with Crippen LogP contribution in [0, 0.1) is 0 Å². The van der Waals surface area contributed by atoms with E-state index in [0.29, 0.717) is 0 Å². The van der Waals surface area contributed by atoms with Crippen molar-refractivity contribution >= 4 is 20.2 Å². The van der Waals surface area contributed by atoms with Crippen molar-refractivity contribution in [2.45, 2.75) is 12.2 Å². The van der Waals surface area contributed by atoms with E-state index in [-0.39, 0.29) is 31.0 Å². The summed E-state index contributed by atoms with van der Waals surface area (Å²) in [5.41, 5.74) is 0. The summed E-state index contributed by atoms with van der Waals surface area (Å²) in [4.78, 5) is 9.16. The summed E-state index contributed by atoms with van der Waals surface area (Å²) in [6, 6.07) is 0. The third-order valence-corrected chi connectivity index (χ3v) is 2.41. The summed E-state index contributed by atoms with van der Waals surface area (Å²) < 4.78 is 0. The molecule has 0 atom stereocenters. The van der Waals surface area contributed by atoms with Gasteiger partial charge in [-0.15, -0.1) is 0 Å². The minimum Gasteiger partial charge on any atom is -1.00 e. The summed E-state index contributed by atoms with van der Waals surface area (Å²) in [5.74, 6) is 0. The van der Waals surface area contributed by atoms with Gasteiger partial charge in [0.05, 0.1) is 0 Å². The van der Waals surface area contributed by atoms with Crippen molar-refractivity contribution in [1.29, 1.82) is 0 Å². The fraction of sp³-hybridized carbons (Fsp3) is 0.667. The molecule has 38 valence electrons. The Hall–Kier alpha value is 1.01. The maximum atomic E-state index is 9.68. The first-order valence-corrected chi connectivity index (χ1v) is 5.57. The Morgan fingerprint density at radius 3 is 2.43 bits per heavy atom. The molecule has 0 radical (unpaired) electrons. The molecule has 0 aliphatic heterocycles. The summed E-state index contributed by atoms with van der Waals surface area (Å²) in [6.45, 7) is 1.92. The first-order valence-electron chi connectivity index (χ1n) is 1.99. The molecule has 0 bridgehead atoms. The quantitative estimate of drug-likeness (QED) is 0.464. The molecule has 0 unspecified atom stereocenters. The zero-order valence-corrected chi connectivity index (χ0v) is 9.74. The number of carbonyl (C=O) groups is 1. The first-order chi connectivity index (χ1) is 2.77. The molecule has 0 aromatic heterocycles. The Labute approximate surface area is 72.9 Å². The van der Waals surface area contributed by atoms with Gasteiger partial charge in [0.1, 0.15) is 0 Å². The molecule has 0 aromatic carbocycles. The Morgan fingerprint density at radius 2 is 2.43 bits per heavy atom. The molecular formula is C3H9GeNaO2. The second-order valence-electron chi connectivity index (χ2n) is 1.14. The summed E-state index contributed by atoms with van der Waals surface area (Å²) in [6.07, 6.45) is 0. The van der Waals surface area contributed by atoms with Crippen molar-refractivity contribution in [1.82, 2.24) is 0 Å². The maximum absolute atomic E-state index is 9.68. The zero-order valence-electron chi connectivity index (χ0n) is 5.77. The molecule has 0 saturated heterocycles. The van der Waals surface area contributed by atoms with Crippen molar-refractivity contribution in [2.75, 3.05) is 0 Å². The van der Waals surface area contributed by atoms with Crippen LogP contribution in [0.1, 0.15) is 8.35 Å². The molecule has 2 nitrogen and oxygen atoms in total. The summed E-state index contributed by atoms with van der Waals surface area (Å²) in [5, 5.41) is 8.92. The van der Waals surface area contributed by atoms with Gasteiger partial charge < -0.3 is 1.43 Å². The van der Waals surface area contributed by atoms with Crippen molar-refractivity contribution < 1.29 is 40.9 Å². The fourth-order valence-corrected chi connectivity index (χ4v) is 1.11. The van der Waals surface area contributed by atoms with Crippen molar-refractivity contribution in [2.24, 2.45) is 0 Å². The van der Waals surface area contributed by atoms with E-state index in [1.165, 1.54) is 0 Å². The monoisotopic (exact) mass is 174 g/mol. The van der Waals surface area contributed by atoms with Gasteiger partial charge >= 0.3 is 71.9 Å². The molecule has 1 N–H and O–H groups in total. The molecular weight excluding hydrogens is 164 g/mol. The molecule has 0 aliphatic carbocycles. The van der Waals surface area contributed by atoms with Gasteiger partial charge in [0.2, 0.25) is 0 Å². The van der Waals surface area contributed by atoms with Crippen LogP contribution in [0.15, 0.2) is 0 Å². The molecule has 0 spiro atoms. The molecule has 0 heterocycles. The van der Waals surface area contributed by atoms with E-state index >= 15 is 0 Å². The predicted molar refractivity (Wildman–Crippen MR) is 28.2 cm³/mol. The Bertz CT molecular complexity index is 61.2. The van der Waals surface area contributed by atoms with Crippen LogP contribution in [0.4, 0.5) is 4.79 Å². The average molecular weight is 173 g/mol. The first kappa shape index (κ1) is 10.9. The van der Waals surface area contributed by atoms with E-state index in [0.717, 1.165) is 5.25 Å². The smallest absolute Gasteiger partial charge is 1.00 e. The second kappa shape index (κ2) is 7.01. The van der Waals surface area contributed by atoms with E-state index in [9.17, 15) is 4.79 Å². The third-order valence-electron chi connectivity index (χ3n) is 0.464. The molecule has 7 heavy (non-hydrogen) atoms. The van der Waals surface area contributed by atoms with Gasteiger partial charge in [-0.25, -0.2) is 0 Å². The SMILES string of the molecule is C[CH2][GeH2][C](=O)O.[H-].[Na+]. The van der Waals surface area contributed by atoms with Crippen LogP contribution in [0.3, 0.4) is 0 Å². The topological polar surface area (TPSA) is 37.3 Å². The zero-order chi connectivity index (χ0) is 4.99. The van der Waals surface area contributed by atoms with Gasteiger partial charge in [-0.2, -0.15) is 0 Å². The predicted octanol–water partition coefficient (Wildman–Crippen LogP) is -2.61. The van der Waals surface area contributed by atoms with Crippen molar-refractivity contribution in [3.05, 3.63) is 0 Å². The maximum Gasteiger partial charge on any atom is 1.00 e. The van der Waals surface area contributed by atoms with Crippen LogP contribution < -0.4 is 29.6 Å². The average Bonchev–Trinajstić information content (AvgIpc) is 1.35. The number of rotatable bonds is 2. The Balaban J connectivity index is -0.000000125. The normalized spacial score (nSPS) is 8.71. The molecule has 0 fully saturated rings. The minimum atomic E-state index is -1.08. The van der Waals surface area contributed by atoms with Crippen LogP contribution in [0.5, 0.6) is 0 Å². The fourth-order valence-electron chi connectivity index (χ4n) is 0.214. The van der Waals surface area contributed by atoms with E-state index in [2.05, 4.69) is 0 Å². The number of carboxylic acid groups (broad SMARTS) is 1. The van der Waals surface area contributed by atoms with Crippen molar-refractivity contribution in [3.63, 3.8) is 0 Å². The van der Waals surface area contributed by atoms with Crippen LogP contribution in [-0.2, 0) is 0 Å². The molecule has 4 heteroatoms. The molecule has 0 aromatic rings. The summed E-state index contributed by atoms with van der Waals surface area (Å²) in [7, 11) is 0. The molecule has 0 aliphatic rings. The number of hydrogen-bond donors (Lipinski definition) is 1. The van der Waals surface area contributed by atoms with Gasteiger partial charge in [-0.3, -0.25) is 0 Å². The van der Waals surface area contributed by atoms with Gasteiger partial charge in [-0.1, -0.05) is 0 Å². The van der Waals surface area contributed by atoms with E-state index < -0.39 is 20.2 Å². The van der Waals surface area contributed by atoms with Gasteiger partial charge in [0.25, 0.3) is 0 Å². The summed E-state index contributed by atoms with van der Waals surface area (Å²) >= 11 is -1.08. The van der Waals surface area contributed by atoms with E-state index in [1.807, 2.05) is 6.92 Å². The van der Waals surface area contributed by atoms with Crippen molar-refractivity contribution in [3.8, 4) is 0 Å². The van der Waals surface area contributed by atoms with Crippen LogP contribution in [0.25, 0.3) is 0 Å².